The zero-order chi connectivity index (χ0) is 14.8. The van der Waals surface area contributed by atoms with Crippen LogP contribution in [0.4, 0.5) is 24.8 Å². The van der Waals surface area contributed by atoms with Crippen LogP contribution in [0.15, 0.2) is 6.07 Å². The Balaban J connectivity index is 2.29. The van der Waals surface area contributed by atoms with E-state index in [1.165, 1.54) is 0 Å². The van der Waals surface area contributed by atoms with Gasteiger partial charge in [0.15, 0.2) is 0 Å². The zero-order valence-electron chi connectivity index (χ0n) is 11.7. The van der Waals surface area contributed by atoms with Crippen LogP contribution in [-0.2, 0) is 6.18 Å². The predicted octanol–water partition coefficient (Wildman–Crippen LogP) is 3.31. The molecule has 1 fully saturated rings. The molecule has 0 atom stereocenters. The molecule has 1 aliphatic rings. The van der Waals surface area contributed by atoms with Gasteiger partial charge >= 0.3 is 6.18 Å². The third-order valence-electron chi connectivity index (χ3n) is 3.51. The summed E-state index contributed by atoms with van der Waals surface area (Å²) in [6, 6.07) is 1.87. The van der Waals surface area contributed by atoms with Gasteiger partial charge < -0.3 is 10.2 Å². The van der Waals surface area contributed by atoms with Gasteiger partial charge in [-0.2, -0.15) is 13.2 Å². The van der Waals surface area contributed by atoms with Crippen LogP contribution in [0.25, 0.3) is 0 Å². The number of rotatable bonds is 5. The maximum Gasteiger partial charge on any atom is 0.451 e. The lowest BCUT2D eigenvalue weighted by atomic mass is 9.92. The Hall–Kier alpha value is -1.53. The smallest absolute Gasteiger partial charge is 0.370 e. The van der Waals surface area contributed by atoms with Gasteiger partial charge in [0, 0.05) is 25.7 Å². The van der Waals surface area contributed by atoms with Gasteiger partial charge in [-0.1, -0.05) is 6.92 Å². The van der Waals surface area contributed by atoms with Gasteiger partial charge in [0.05, 0.1) is 0 Å². The maximum absolute atomic E-state index is 12.9. The van der Waals surface area contributed by atoms with Crippen molar-refractivity contribution in [3.63, 3.8) is 0 Å². The van der Waals surface area contributed by atoms with Crippen LogP contribution < -0.4 is 10.2 Å². The molecule has 1 heterocycles. The molecule has 0 spiro atoms. The van der Waals surface area contributed by atoms with Crippen molar-refractivity contribution in [1.82, 2.24) is 9.97 Å². The van der Waals surface area contributed by atoms with Crippen molar-refractivity contribution >= 4 is 11.6 Å². The van der Waals surface area contributed by atoms with E-state index in [9.17, 15) is 13.2 Å². The number of halogens is 3. The van der Waals surface area contributed by atoms with E-state index in [-0.39, 0.29) is 11.9 Å². The van der Waals surface area contributed by atoms with E-state index < -0.39 is 12.0 Å². The third-order valence-corrected chi connectivity index (χ3v) is 3.51. The summed E-state index contributed by atoms with van der Waals surface area (Å²) in [7, 11) is 1.79. The van der Waals surface area contributed by atoms with E-state index >= 15 is 0 Å². The second-order valence-electron chi connectivity index (χ2n) is 5.06. The maximum atomic E-state index is 12.9. The minimum absolute atomic E-state index is 0.232. The van der Waals surface area contributed by atoms with Crippen LogP contribution in [0.1, 0.15) is 38.4 Å². The quantitative estimate of drug-likeness (QED) is 0.902. The molecule has 112 valence electrons. The minimum Gasteiger partial charge on any atom is -0.370 e. The molecule has 0 unspecified atom stereocenters. The van der Waals surface area contributed by atoms with Crippen LogP contribution in [-0.4, -0.2) is 29.6 Å². The summed E-state index contributed by atoms with van der Waals surface area (Å²) >= 11 is 0. The molecule has 1 aromatic rings. The van der Waals surface area contributed by atoms with Crippen LogP contribution >= 0.6 is 0 Å². The molecule has 0 amide bonds. The second-order valence-corrected chi connectivity index (χ2v) is 5.06. The fourth-order valence-corrected chi connectivity index (χ4v) is 2.05. The van der Waals surface area contributed by atoms with E-state index in [1.54, 1.807) is 13.1 Å². The molecule has 1 saturated carbocycles. The summed E-state index contributed by atoms with van der Waals surface area (Å²) < 4.78 is 38.6. The number of aromatic nitrogens is 2. The normalized spacial score (nSPS) is 15.8. The van der Waals surface area contributed by atoms with Crippen molar-refractivity contribution in [2.75, 3.05) is 23.8 Å². The molecule has 0 saturated heterocycles. The molecule has 1 N–H and O–H groups in total. The van der Waals surface area contributed by atoms with Gasteiger partial charge in [-0.05, 0) is 25.7 Å². The summed E-state index contributed by atoms with van der Waals surface area (Å²) in [4.78, 5) is 9.04. The first-order valence-electron chi connectivity index (χ1n) is 6.84. The fraction of sp³-hybridized carbons (Fsp3) is 0.692. The molecule has 0 aromatic carbocycles. The standard InChI is InChI=1S/C13H19F3N4/c1-3-7-17-10-8-11(20(2)9-5-4-6-9)19-12(18-10)13(14,15)16/h8-9H,3-7H2,1-2H3,(H,17,18,19). The number of alkyl halides is 3. The summed E-state index contributed by atoms with van der Waals surface area (Å²) in [5, 5.41) is 2.90. The number of hydrogen-bond acceptors (Lipinski definition) is 4. The number of nitrogens with zero attached hydrogens (tertiary/aromatic N) is 3. The van der Waals surface area contributed by atoms with Gasteiger partial charge in [0.2, 0.25) is 5.82 Å². The Kier molecular flexibility index (Phi) is 4.35. The molecule has 1 aromatic heterocycles. The average molecular weight is 288 g/mol. The lowest BCUT2D eigenvalue weighted by Gasteiger charge is -2.35. The molecule has 4 nitrogen and oxygen atoms in total. The van der Waals surface area contributed by atoms with Crippen LogP contribution in [0.2, 0.25) is 0 Å². The lowest BCUT2D eigenvalue weighted by Crippen LogP contribution is -2.38. The Morgan fingerprint density at radius 3 is 2.55 bits per heavy atom. The highest BCUT2D eigenvalue weighted by atomic mass is 19.4. The van der Waals surface area contributed by atoms with Crippen molar-refractivity contribution in [2.24, 2.45) is 0 Å². The monoisotopic (exact) mass is 288 g/mol. The van der Waals surface area contributed by atoms with E-state index in [2.05, 4.69) is 15.3 Å². The van der Waals surface area contributed by atoms with Gasteiger partial charge in [-0.25, -0.2) is 9.97 Å². The molecular weight excluding hydrogens is 269 g/mol. The highest BCUT2D eigenvalue weighted by molar-refractivity contribution is 5.50. The highest BCUT2D eigenvalue weighted by Gasteiger charge is 2.36. The van der Waals surface area contributed by atoms with E-state index in [0.29, 0.717) is 12.4 Å². The first-order valence-corrected chi connectivity index (χ1v) is 6.84. The Labute approximate surface area is 116 Å². The van der Waals surface area contributed by atoms with Crippen molar-refractivity contribution in [2.45, 2.75) is 44.8 Å². The van der Waals surface area contributed by atoms with Crippen molar-refractivity contribution in [3.8, 4) is 0 Å². The molecule has 1 aliphatic carbocycles. The van der Waals surface area contributed by atoms with Crippen LogP contribution in [0.3, 0.4) is 0 Å². The van der Waals surface area contributed by atoms with Gasteiger partial charge in [-0.15, -0.1) is 0 Å². The Morgan fingerprint density at radius 1 is 1.35 bits per heavy atom. The summed E-state index contributed by atoms with van der Waals surface area (Å²) in [6.07, 6.45) is -0.593. The summed E-state index contributed by atoms with van der Waals surface area (Å²) in [5.41, 5.74) is 0. The van der Waals surface area contributed by atoms with Crippen LogP contribution in [0.5, 0.6) is 0 Å². The molecular formula is C13H19F3N4. The first kappa shape index (κ1) is 14.9. The van der Waals surface area contributed by atoms with Crippen LogP contribution in [0, 0.1) is 0 Å². The molecule has 7 heteroatoms. The van der Waals surface area contributed by atoms with Gasteiger partial charge in [-0.3, -0.25) is 0 Å². The largest absolute Gasteiger partial charge is 0.451 e. The second kappa shape index (κ2) is 5.85. The van der Waals surface area contributed by atoms with Crippen molar-refractivity contribution in [1.29, 1.82) is 0 Å². The highest BCUT2D eigenvalue weighted by Crippen LogP contribution is 2.32. The molecule has 0 bridgehead atoms. The van der Waals surface area contributed by atoms with Crippen molar-refractivity contribution in [3.05, 3.63) is 11.9 Å². The molecule has 2 rings (SSSR count). The van der Waals surface area contributed by atoms with Crippen molar-refractivity contribution < 1.29 is 13.2 Å². The Morgan fingerprint density at radius 2 is 2.05 bits per heavy atom. The molecule has 0 radical (unpaired) electrons. The topological polar surface area (TPSA) is 41.0 Å². The SMILES string of the molecule is CCCNc1cc(N(C)C2CCC2)nc(C(F)(F)F)n1. The van der Waals surface area contributed by atoms with E-state index in [1.807, 2.05) is 11.8 Å². The average Bonchev–Trinajstić information content (AvgIpc) is 2.32. The number of nitrogens with one attached hydrogen (secondary N) is 1. The Bertz CT molecular complexity index is 457. The first-order chi connectivity index (χ1) is 9.41. The number of anilines is 2. The van der Waals surface area contributed by atoms with E-state index in [4.69, 9.17) is 0 Å². The fourth-order valence-electron chi connectivity index (χ4n) is 2.05. The summed E-state index contributed by atoms with van der Waals surface area (Å²) in [6.45, 7) is 2.53. The zero-order valence-corrected chi connectivity index (χ0v) is 11.7. The third kappa shape index (κ3) is 3.32. The van der Waals surface area contributed by atoms with Gasteiger partial charge in [0.25, 0.3) is 0 Å². The lowest BCUT2D eigenvalue weighted by molar-refractivity contribution is -0.144. The predicted molar refractivity (Wildman–Crippen MR) is 71.9 cm³/mol. The number of hydrogen-bond donors (Lipinski definition) is 1. The summed E-state index contributed by atoms with van der Waals surface area (Å²) in [5.74, 6) is -0.522. The molecule has 20 heavy (non-hydrogen) atoms. The molecule has 0 aliphatic heterocycles. The van der Waals surface area contributed by atoms with Gasteiger partial charge in [0.1, 0.15) is 11.6 Å². The van der Waals surface area contributed by atoms with E-state index in [0.717, 1.165) is 25.7 Å². The minimum atomic E-state index is -4.53.